The number of rotatable bonds is 7. The molecule has 0 N–H and O–H groups in total. The Kier molecular flexibility index (Phi) is 5.95. The van der Waals surface area contributed by atoms with Crippen LogP contribution in [0.15, 0.2) is 45.8 Å². The summed E-state index contributed by atoms with van der Waals surface area (Å²) in [5.74, 6) is 1.99. The number of thioether (sulfide) groups is 1. The molecule has 0 amide bonds. The number of hydrogen-bond acceptors (Lipinski definition) is 7. The van der Waals surface area contributed by atoms with Crippen LogP contribution in [0.3, 0.4) is 0 Å². The zero-order valence-electron chi connectivity index (χ0n) is 14.8. The largest absolute Gasteiger partial charge is 0.493 e. The molecule has 3 rings (SSSR count). The maximum atomic E-state index is 11.5. The molecule has 26 heavy (non-hydrogen) atoms. The van der Waals surface area contributed by atoms with Crippen molar-refractivity contribution in [2.75, 3.05) is 14.2 Å². The molecule has 0 saturated carbocycles. The highest BCUT2D eigenvalue weighted by molar-refractivity contribution is 7.98. The second-order valence-electron chi connectivity index (χ2n) is 5.31. The molecule has 2 aromatic heterocycles. The topological polar surface area (TPSA) is 66.2 Å². The molecule has 2 heterocycles. The fraction of sp³-hybridized carbons (Fsp3) is 0.278. The van der Waals surface area contributed by atoms with Crippen LogP contribution in [0.4, 0.5) is 0 Å². The first-order chi connectivity index (χ1) is 12.7. The van der Waals surface area contributed by atoms with Gasteiger partial charge in [0.15, 0.2) is 16.7 Å². The number of nitrogens with zero attached hydrogens (tertiary/aromatic N) is 3. The van der Waals surface area contributed by atoms with Crippen molar-refractivity contribution in [1.29, 1.82) is 0 Å². The van der Waals surface area contributed by atoms with Gasteiger partial charge >= 0.3 is 0 Å². The minimum atomic E-state index is -0.225. The molecule has 6 nitrogen and oxygen atoms in total. The van der Waals surface area contributed by atoms with Crippen molar-refractivity contribution >= 4 is 23.1 Å². The molecule has 0 bridgehead atoms. The average molecular weight is 390 g/mol. The van der Waals surface area contributed by atoms with Crippen LogP contribution < -0.4 is 15.0 Å². The van der Waals surface area contributed by atoms with Gasteiger partial charge in [-0.3, -0.25) is 4.79 Å². The second-order valence-corrected chi connectivity index (χ2v) is 7.11. The van der Waals surface area contributed by atoms with Crippen molar-refractivity contribution in [2.24, 2.45) is 0 Å². The molecule has 0 radical (unpaired) electrons. The zero-order valence-corrected chi connectivity index (χ0v) is 16.4. The van der Waals surface area contributed by atoms with Crippen LogP contribution in [-0.4, -0.2) is 28.8 Å². The highest BCUT2D eigenvalue weighted by atomic mass is 32.2. The summed E-state index contributed by atoms with van der Waals surface area (Å²) < 4.78 is 12.8. The van der Waals surface area contributed by atoms with Crippen molar-refractivity contribution in [3.8, 4) is 22.1 Å². The number of hydrogen-bond donors (Lipinski definition) is 0. The van der Waals surface area contributed by atoms with Crippen LogP contribution >= 0.6 is 23.1 Å². The maximum Gasteiger partial charge on any atom is 0.273 e. The molecule has 136 valence electrons. The predicted octanol–water partition coefficient (Wildman–Crippen LogP) is 3.70. The molecular formula is C18H19N3O3S2. The van der Waals surface area contributed by atoms with E-state index in [0.29, 0.717) is 22.4 Å². The molecule has 0 unspecified atom stereocenters. The first kappa shape index (κ1) is 18.5. The van der Waals surface area contributed by atoms with Gasteiger partial charge in [0.1, 0.15) is 5.01 Å². The van der Waals surface area contributed by atoms with Gasteiger partial charge in [0.05, 0.1) is 25.5 Å². The van der Waals surface area contributed by atoms with Gasteiger partial charge in [-0.1, -0.05) is 17.8 Å². The van der Waals surface area contributed by atoms with Crippen molar-refractivity contribution < 1.29 is 9.47 Å². The molecule has 0 aliphatic rings. The number of thiazole rings is 1. The van der Waals surface area contributed by atoms with Crippen LogP contribution in [0.2, 0.25) is 0 Å². The van der Waals surface area contributed by atoms with E-state index in [-0.39, 0.29) is 5.56 Å². The minimum absolute atomic E-state index is 0.225. The van der Waals surface area contributed by atoms with E-state index in [9.17, 15) is 4.79 Å². The van der Waals surface area contributed by atoms with E-state index >= 15 is 0 Å². The highest BCUT2D eigenvalue weighted by Crippen LogP contribution is 2.39. The average Bonchev–Trinajstić information content (AvgIpc) is 3.14. The van der Waals surface area contributed by atoms with Gasteiger partial charge in [-0.25, -0.2) is 4.98 Å². The number of methoxy groups -OCH3 is 2. The van der Waals surface area contributed by atoms with E-state index in [1.54, 1.807) is 31.8 Å². The number of aromatic nitrogens is 3. The summed E-state index contributed by atoms with van der Waals surface area (Å²) in [5.41, 5.74) is 1.61. The molecule has 0 saturated heterocycles. The van der Waals surface area contributed by atoms with Gasteiger partial charge in [-0.05, 0) is 19.1 Å². The number of ether oxygens (including phenoxy) is 2. The molecule has 1 aromatic carbocycles. The molecule has 0 aliphatic carbocycles. The Bertz CT molecular complexity index is 953. The van der Waals surface area contributed by atoms with Crippen LogP contribution in [-0.2, 0) is 12.3 Å². The van der Waals surface area contributed by atoms with E-state index in [2.05, 4.69) is 4.98 Å². The third kappa shape index (κ3) is 3.91. The first-order valence-corrected chi connectivity index (χ1v) is 9.88. The molecule has 3 aromatic rings. The molecule has 0 fully saturated rings. The minimum Gasteiger partial charge on any atom is -0.493 e. The number of benzene rings is 1. The Morgan fingerprint density at radius 2 is 2.04 bits per heavy atom. The normalized spacial score (nSPS) is 10.7. The van der Waals surface area contributed by atoms with E-state index in [1.807, 2.05) is 35.1 Å². The fourth-order valence-electron chi connectivity index (χ4n) is 2.46. The lowest BCUT2D eigenvalue weighted by molar-refractivity contribution is 0.356. The molecule has 0 spiro atoms. The third-order valence-electron chi connectivity index (χ3n) is 3.72. The van der Waals surface area contributed by atoms with Gasteiger partial charge in [-0.15, -0.1) is 11.3 Å². The molecule has 0 atom stereocenters. The van der Waals surface area contributed by atoms with E-state index in [0.717, 1.165) is 22.8 Å². The van der Waals surface area contributed by atoms with Crippen molar-refractivity contribution in [3.05, 3.63) is 51.9 Å². The van der Waals surface area contributed by atoms with Crippen LogP contribution in [0.5, 0.6) is 11.5 Å². The SMILES string of the molecule is CCn1ccc(=O)nc1SCc1csc(-c2cccc(OC)c2OC)n1. The molecule has 8 heteroatoms. The van der Waals surface area contributed by atoms with Gasteiger partial charge in [-0.2, -0.15) is 4.98 Å². The van der Waals surface area contributed by atoms with Crippen LogP contribution in [0.25, 0.3) is 10.6 Å². The summed E-state index contributed by atoms with van der Waals surface area (Å²) in [5, 5.41) is 3.58. The smallest absolute Gasteiger partial charge is 0.273 e. The Morgan fingerprint density at radius 1 is 1.19 bits per heavy atom. The van der Waals surface area contributed by atoms with Crippen molar-refractivity contribution in [1.82, 2.24) is 14.5 Å². The summed E-state index contributed by atoms with van der Waals surface area (Å²) in [6.45, 7) is 2.78. The van der Waals surface area contributed by atoms with Gasteiger partial charge < -0.3 is 14.0 Å². The molecule has 0 aliphatic heterocycles. The Labute approximate surface area is 159 Å². The van der Waals surface area contributed by atoms with E-state index in [1.165, 1.54) is 17.8 Å². The van der Waals surface area contributed by atoms with E-state index in [4.69, 9.17) is 14.5 Å². The van der Waals surface area contributed by atoms with Crippen molar-refractivity contribution in [3.63, 3.8) is 0 Å². The number of aryl methyl sites for hydroxylation is 1. The van der Waals surface area contributed by atoms with Gasteiger partial charge in [0.25, 0.3) is 5.56 Å². The summed E-state index contributed by atoms with van der Waals surface area (Å²) in [6.07, 6.45) is 1.77. The maximum absolute atomic E-state index is 11.5. The summed E-state index contributed by atoms with van der Waals surface area (Å²) in [4.78, 5) is 20.3. The summed E-state index contributed by atoms with van der Waals surface area (Å²) >= 11 is 3.06. The Morgan fingerprint density at radius 3 is 2.77 bits per heavy atom. The highest BCUT2D eigenvalue weighted by Gasteiger charge is 2.15. The van der Waals surface area contributed by atoms with Gasteiger partial charge in [0, 0.05) is 29.9 Å². The van der Waals surface area contributed by atoms with E-state index < -0.39 is 0 Å². The second kappa shape index (κ2) is 8.37. The molecular weight excluding hydrogens is 370 g/mol. The lowest BCUT2D eigenvalue weighted by Gasteiger charge is -2.10. The zero-order chi connectivity index (χ0) is 18.5. The van der Waals surface area contributed by atoms with Crippen LogP contribution in [0.1, 0.15) is 12.6 Å². The fourth-order valence-corrected chi connectivity index (χ4v) is 4.34. The Balaban J connectivity index is 1.81. The van der Waals surface area contributed by atoms with Crippen molar-refractivity contribution in [2.45, 2.75) is 24.4 Å². The quantitative estimate of drug-likeness (QED) is 0.453. The Hall–Kier alpha value is -2.32. The monoisotopic (exact) mass is 389 g/mol. The standard InChI is InChI=1S/C18H19N3O3S2/c1-4-21-9-8-15(22)20-18(21)26-11-12-10-25-17(19-12)13-6-5-7-14(23-2)16(13)24-3/h5-10H,4,11H2,1-3H3. The summed E-state index contributed by atoms with van der Waals surface area (Å²) in [6, 6.07) is 7.21. The predicted molar refractivity (Wildman–Crippen MR) is 104 cm³/mol. The summed E-state index contributed by atoms with van der Waals surface area (Å²) in [7, 11) is 3.24. The first-order valence-electron chi connectivity index (χ1n) is 8.02. The lowest BCUT2D eigenvalue weighted by Crippen LogP contribution is -2.12. The van der Waals surface area contributed by atoms with Crippen LogP contribution in [0, 0.1) is 0 Å². The number of para-hydroxylation sites is 1. The van der Waals surface area contributed by atoms with Gasteiger partial charge in [0.2, 0.25) is 0 Å². The lowest BCUT2D eigenvalue weighted by atomic mass is 10.2. The third-order valence-corrected chi connectivity index (χ3v) is 5.67.